The summed E-state index contributed by atoms with van der Waals surface area (Å²) >= 11 is 0. The zero-order valence-corrected chi connectivity index (χ0v) is 14.3. The number of sulfonamides is 1. The molecule has 4 rings (SSSR count). The van der Waals surface area contributed by atoms with E-state index in [0.717, 1.165) is 22.8 Å². The third kappa shape index (κ3) is 2.43. The Morgan fingerprint density at radius 1 is 0.917 bits per heavy atom. The van der Waals surface area contributed by atoms with Gasteiger partial charge >= 0.3 is 0 Å². The van der Waals surface area contributed by atoms with Crippen molar-refractivity contribution in [2.24, 2.45) is 0 Å². The molecule has 0 saturated heterocycles. The molecule has 0 radical (unpaired) electrons. The van der Waals surface area contributed by atoms with Gasteiger partial charge in [-0.3, -0.25) is 0 Å². The predicted molar refractivity (Wildman–Crippen MR) is 96.4 cm³/mol. The van der Waals surface area contributed by atoms with E-state index in [4.69, 9.17) is 0 Å². The van der Waals surface area contributed by atoms with Crippen LogP contribution in [-0.2, 0) is 16.4 Å². The van der Waals surface area contributed by atoms with Gasteiger partial charge in [-0.25, -0.2) is 8.42 Å². The van der Waals surface area contributed by atoms with Gasteiger partial charge < -0.3 is 0 Å². The highest BCUT2D eigenvalue weighted by Gasteiger charge is 2.33. The first-order chi connectivity index (χ1) is 11.6. The number of fused-ring (bicyclic) bond motifs is 2. The lowest BCUT2D eigenvalue weighted by molar-refractivity contribution is 0.326. The van der Waals surface area contributed by atoms with E-state index in [9.17, 15) is 8.42 Å². The van der Waals surface area contributed by atoms with Crippen LogP contribution in [0, 0.1) is 0 Å². The lowest BCUT2D eigenvalue weighted by atomic mass is 9.96. The summed E-state index contributed by atoms with van der Waals surface area (Å²) in [4.78, 5) is 0.368. The zero-order valence-electron chi connectivity index (χ0n) is 13.5. The smallest absolute Gasteiger partial charge is 0.207 e. The van der Waals surface area contributed by atoms with E-state index in [-0.39, 0.29) is 6.04 Å². The van der Waals surface area contributed by atoms with E-state index in [1.54, 1.807) is 16.4 Å². The molecular weight excluding hydrogens is 318 g/mol. The Balaban J connectivity index is 1.77. The van der Waals surface area contributed by atoms with Gasteiger partial charge in [0.1, 0.15) is 0 Å². The Morgan fingerprint density at radius 2 is 1.62 bits per heavy atom. The van der Waals surface area contributed by atoms with Gasteiger partial charge in [0.25, 0.3) is 0 Å². The molecule has 0 fully saturated rings. The summed E-state index contributed by atoms with van der Waals surface area (Å²) < 4.78 is 28.0. The first-order valence-electron chi connectivity index (χ1n) is 8.16. The third-order valence-corrected chi connectivity index (χ3v) is 6.83. The van der Waals surface area contributed by atoms with E-state index >= 15 is 0 Å². The Hall–Kier alpha value is -2.17. The largest absolute Gasteiger partial charge is 0.243 e. The van der Waals surface area contributed by atoms with Crippen LogP contribution < -0.4 is 0 Å². The van der Waals surface area contributed by atoms with Crippen molar-refractivity contribution in [2.75, 3.05) is 6.54 Å². The Bertz CT molecular complexity index is 1010. The Morgan fingerprint density at radius 3 is 2.46 bits per heavy atom. The normalized spacial score (nSPS) is 18.5. The molecule has 1 atom stereocenters. The van der Waals surface area contributed by atoms with Crippen molar-refractivity contribution in [3.05, 3.63) is 77.9 Å². The van der Waals surface area contributed by atoms with Gasteiger partial charge in [-0.15, -0.1) is 0 Å². The Kier molecular flexibility index (Phi) is 3.66. The maximum atomic E-state index is 13.2. The second kappa shape index (κ2) is 5.72. The maximum Gasteiger partial charge on any atom is 0.243 e. The monoisotopic (exact) mass is 337 g/mol. The van der Waals surface area contributed by atoms with Crippen LogP contribution in [0.2, 0.25) is 0 Å². The molecule has 1 heterocycles. The summed E-state index contributed by atoms with van der Waals surface area (Å²) in [5.74, 6) is 0. The van der Waals surface area contributed by atoms with E-state index < -0.39 is 10.0 Å². The first-order valence-corrected chi connectivity index (χ1v) is 9.60. The highest BCUT2D eigenvalue weighted by molar-refractivity contribution is 7.89. The fraction of sp³-hybridized carbons (Fsp3) is 0.200. The van der Waals surface area contributed by atoms with Crippen molar-refractivity contribution >= 4 is 20.8 Å². The molecule has 1 aliphatic heterocycles. The van der Waals surface area contributed by atoms with Crippen LogP contribution in [-0.4, -0.2) is 19.3 Å². The maximum absolute atomic E-state index is 13.2. The lowest BCUT2D eigenvalue weighted by Gasteiger charge is -2.34. The molecule has 4 heteroatoms. The topological polar surface area (TPSA) is 37.4 Å². The molecule has 0 amide bonds. The fourth-order valence-electron chi connectivity index (χ4n) is 3.54. The van der Waals surface area contributed by atoms with Crippen LogP contribution in [0.3, 0.4) is 0 Å². The summed E-state index contributed by atoms with van der Waals surface area (Å²) in [6.45, 7) is 2.49. The van der Waals surface area contributed by atoms with Crippen molar-refractivity contribution in [1.82, 2.24) is 4.31 Å². The van der Waals surface area contributed by atoms with Gasteiger partial charge in [0.15, 0.2) is 0 Å². The van der Waals surface area contributed by atoms with Crippen LogP contribution in [0.1, 0.15) is 24.1 Å². The van der Waals surface area contributed by atoms with Crippen LogP contribution in [0.4, 0.5) is 0 Å². The van der Waals surface area contributed by atoms with Crippen LogP contribution in [0.15, 0.2) is 71.6 Å². The average Bonchev–Trinajstić information content (AvgIpc) is 2.61. The van der Waals surface area contributed by atoms with Gasteiger partial charge in [0.2, 0.25) is 10.0 Å². The van der Waals surface area contributed by atoms with Gasteiger partial charge in [-0.2, -0.15) is 4.31 Å². The highest BCUT2D eigenvalue weighted by atomic mass is 32.2. The van der Waals surface area contributed by atoms with Crippen LogP contribution in [0.25, 0.3) is 10.8 Å². The minimum Gasteiger partial charge on any atom is -0.207 e. The summed E-state index contributed by atoms with van der Waals surface area (Å²) in [7, 11) is -3.51. The zero-order chi connectivity index (χ0) is 16.7. The van der Waals surface area contributed by atoms with Crippen molar-refractivity contribution in [3.8, 4) is 0 Å². The predicted octanol–water partition coefficient (Wildman–Crippen LogP) is 4.15. The van der Waals surface area contributed by atoms with Gasteiger partial charge in [-0.1, -0.05) is 54.6 Å². The molecule has 24 heavy (non-hydrogen) atoms. The summed E-state index contributed by atoms with van der Waals surface area (Å²) in [5, 5.41) is 2.00. The van der Waals surface area contributed by atoms with Crippen molar-refractivity contribution < 1.29 is 8.42 Å². The summed E-state index contributed by atoms with van der Waals surface area (Å²) in [6.07, 6.45) is 0.757. The SMILES string of the molecule is CC1c2ccccc2CCN1S(=O)(=O)c1ccc2ccccc2c1. The molecule has 0 N–H and O–H groups in total. The average molecular weight is 337 g/mol. The quantitative estimate of drug-likeness (QED) is 0.704. The number of hydrogen-bond donors (Lipinski definition) is 0. The lowest BCUT2D eigenvalue weighted by Crippen LogP contribution is -2.38. The molecule has 122 valence electrons. The van der Waals surface area contributed by atoms with Crippen molar-refractivity contribution in [2.45, 2.75) is 24.3 Å². The molecule has 0 aliphatic carbocycles. The van der Waals surface area contributed by atoms with Gasteiger partial charge in [-0.05, 0) is 47.4 Å². The molecular formula is C20H19NO2S. The number of rotatable bonds is 2. The van der Waals surface area contributed by atoms with E-state index in [2.05, 4.69) is 6.07 Å². The van der Waals surface area contributed by atoms with E-state index in [0.29, 0.717) is 11.4 Å². The molecule has 3 aromatic carbocycles. The molecule has 3 aromatic rings. The molecule has 0 aromatic heterocycles. The molecule has 1 aliphatic rings. The second-order valence-corrected chi connectivity index (χ2v) is 8.14. The number of hydrogen-bond acceptors (Lipinski definition) is 2. The first kappa shape index (κ1) is 15.4. The van der Waals surface area contributed by atoms with E-state index in [1.165, 1.54) is 5.56 Å². The Labute approximate surface area is 142 Å². The molecule has 0 saturated carbocycles. The number of nitrogens with zero attached hydrogens (tertiary/aromatic N) is 1. The van der Waals surface area contributed by atoms with Crippen LogP contribution in [0.5, 0.6) is 0 Å². The summed E-state index contributed by atoms with van der Waals surface area (Å²) in [5.41, 5.74) is 2.35. The summed E-state index contributed by atoms with van der Waals surface area (Å²) in [6, 6.07) is 21.2. The highest BCUT2D eigenvalue weighted by Crippen LogP contribution is 2.34. The molecule has 1 unspecified atom stereocenters. The van der Waals surface area contributed by atoms with Crippen LogP contribution >= 0.6 is 0 Å². The minimum absolute atomic E-state index is 0.147. The van der Waals surface area contributed by atoms with Crippen molar-refractivity contribution in [1.29, 1.82) is 0 Å². The fourth-order valence-corrected chi connectivity index (χ4v) is 5.19. The second-order valence-electron chi connectivity index (χ2n) is 6.25. The van der Waals surface area contributed by atoms with Gasteiger partial charge in [0.05, 0.1) is 4.90 Å². The van der Waals surface area contributed by atoms with Crippen molar-refractivity contribution in [3.63, 3.8) is 0 Å². The third-order valence-electron chi connectivity index (χ3n) is 4.87. The number of benzene rings is 3. The molecule has 3 nitrogen and oxygen atoms in total. The van der Waals surface area contributed by atoms with E-state index in [1.807, 2.05) is 55.5 Å². The molecule has 0 spiro atoms. The van der Waals surface area contributed by atoms with Gasteiger partial charge in [0, 0.05) is 12.6 Å². The minimum atomic E-state index is -3.51. The molecule has 0 bridgehead atoms. The standard InChI is InChI=1S/C20H19NO2S/c1-15-20-9-5-4-7-17(20)12-13-21(15)24(22,23)19-11-10-16-6-2-3-8-18(16)14-19/h2-11,14-15H,12-13H2,1H3.